The fourth-order valence-electron chi connectivity index (χ4n) is 2.51. The van der Waals surface area contributed by atoms with Crippen LogP contribution < -0.4 is 0 Å². The SMILES string of the molecule is CC(C)N(Cc1ccccc1)C(=O)CSc1nnc(-c2ccccc2)o1. The number of aromatic nitrogens is 2. The lowest BCUT2D eigenvalue weighted by Crippen LogP contribution is -2.37. The lowest BCUT2D eigenvalue weighted by molar-refractivity contribution is -0.130. The fraction of sp³-hybridized carbons (Fsp3) is 0.250. The minimum Gasteiger partial charge on any atom is -0.411 e. The monoisotopic (exact) mass is 367 g/mol. The van der Waals surface area contributed by atoms with Gasteiger partial charge in [-0.15, -0.1) is 10.2 Å². The average Bonchev–Trinajstić information content (AvgIpc) is 3.14. The van der Waals surface area contributed by atoms with Gasteiger partial charge in [-0.25, -0.2) is 0 Å². The van der Waals surface area contributed by atoms with Gasteiger partial charge in [-0.1, -0.05) is 60.3 Å². The van der Waals surface area contributed by atoms with E-state index in [2.05, 4.69) is 10.2 Å². The van der Waals surface area contributed by atoms with E-state index in [1.54, 1.807) is 0 Å². The van der Waals surface area contributed by atoms with Crippen LogP contribution in [0.1, 0.15) is 19.4 Å². The normalized spacial score (nSPS) is 10.9. The van der Waals surface area contributed by atoms with Gasteiger partial charge in [-0.2, -0.15) is 0 Å². The minimum atomic E-state index is 0.0494. The predicted molar refractivity (Wildman–Crippen MR) is 103 cm³/mol. The lowest BCUT2D eigenvalue weighted by atomic mass is 10.2. The van der Waals surface area contributed by atoms with Crippen LogP contribution >= 0.6 is 11.8 Å². The third-order valence-electron chi connectivity index (χ3n) is 3.89. The van der Waals surface area contributed by atoms with Crippen LogP contribution in [0.2, 0.25) is 0 Å². The second-order valence-corrected chi connectivity index (χ2v) is 7.06. The maximum absolute atomic E-state index is 12.7. The summed E-state index contributed by atoms with van der Waals surface area (Å²) >= 11 is 1.27. The molecule has 2 aromatic carbocycles. The van der Waals surface area contributed by atoms with E-state index < -0.39 is 0 Å². The van der Waals surface area contributed by atoms with Gasteiger partial charge in [0.2, 0.25) is 11.8 Å². The van der Waals surface area contributed by atoms with E-state index in [0.717, 1.165) is 11.1 Å². The largest absolute Gasteiger partial charge is 0.411 e. The molecule has 1 aromatic heterocycles. The molecular weight excluding hydrogens is 346 g/mol. The summed E-state index contributed by atoms with van der Waals surface area (Å²) in [5.41, 5.74) is 1.98. The molecule has 0 atom stereocenters. The zero-order valence-corrected chi connectivity index (χ0v) is 15.6. The topological polar surface area (TPSA) is 59.2 Å². The Morgan fingerprint density at radius 1 is 1.04 bits per heavy atom. The molecule has 0 bridgehead atoms. The zero-order chi connectivity index (χ0) is 18.4. The average molecular weight is 367 g/mol. The Morgan fingerprint density at radius 3 is 2.35 bits per heavy atom. The van der Waals surface area contributed by atoms with Crippen LogP contribution in [0.5, 0.6) is 0 Å². The van der Waals surface area contributed by atoms with Crippen molar-refractivity contribution in [2.75, 3.05) is 5.75 Å². The van der Waals surface area contributed by atoms with E-state index in [0.29, 0.717) is 17.7 Å². The standard InChI is InChI=1S/C20H21N3O2S/c1-15(2)23(13-16-9-5-3-6-10-16)18(24)14-26-20-22-21-19(25-20)17-11-7-4-8-12-17/h3-12,15H,13-14H2,1-2H3. The Balaban J connectivity index is 1.61. The summed E-state index contributed by atoms with van der Waals surface area (Å²) in [6.07, 6.45) is 0. The number of carbonyl (C=O) groups excluding carboxylic acids is 1. The van der Waals surface area contributed by atoms with Gasteiger partial charge in [-0.05, 0) is 31.5 Å². The molecule has 0 aliphatic rings. The van der Waals surface area contributed by atoms with Crippen LogP contribution in [0.3, 0.4) is 0 Å². The number of carbonyl (C=O) groups is 1. The fourth-order valence-corrected chi connectivity index (χ4v) is 3.16. The van der Waals surface area contributed by atoms with Gasteiger partial charge >= 0.3 is 0 Å². The predicted octanol–water partition coefficient (Wildman–Crippen LogP) is 4.27. The molecule has 0 saturated carbocycles. The molecule has 0 N–H and O–H groups in total. The van der Waals surface area contributed by atoms with E-state index >= 15 is 0 Å². The van der Waals surface area contributed by atoms with E-state index in [4.69, 9.17) is 4.42 Å². The van der Waals surface area contributed by atoms with Gasteiger partial charge in [0, 0.05) is 18.2 Å². The van der Waals surface area contributed by atoms with Crippen LogP contribution in [-0.4, -0.2) is 32.8 Å². The molecule has 0 saturated heterocycles. The van der Waals surface area contributed by atoms with E-state index in [1.165, 1.54) is 11.8 Å². The first-order chi connectivity index (χ1) is 12.6. The van der Waals surface area contributed by atoms with Crippen LogP contribution in [0, 0.1) is 0 Å². The van der Waals surface area contributed by atoms with Crippen LogP contribution in [0.15, 0.2) is 70.3 Å². The third kappa shape index (κ3) is 4.73. The number of amides is 1. The highest BCUT2D eigenvalue weighted by molar-refractivity contribution is 7.99. The van der Waals surface area contributed by atoms with Crippen molar-refractivity contribution in [1.82, 2.24) is 15.1 Å². The molecule has 0 radical (unpaired) electrons. The maximum atomic E-state index is 12.7. The van der Waals surface area contributed by atoms with Gasteiger partial charge in [-0.3, -0.25) is 4.79 Å². The van der Waals surface area contributed by atoms with Crippen molar-refractivity contribution < 1.29 is 9.21 Å². The molecule has 6 heteroatoms. The maximum Gasteiger partial charge on any atom is 0.277 e. The summed E-state index contributed by atoms with van der Waals surface area (Å²) in [7, 11) is 0. The van der Waals surface area contributed by atoms with Gasteiger partial charge in [0.05, 0.1) is 5.75 Å². The van der Waals surface area contributed by atoms with Gasteiger partial charge in [0.15, 0.2) is 0 Å². The van der Waals surface area contributed by atoms with Gasteiger partial charge < -0.3 is 9.32 Å². The van der Waals surface area contributed by atoms with Crippen molar-refractivity contribution in [3.63, 3.8) is 0 Å². The molecular formula is C20H21N3O2S. The molecule has 5 nitrogen and oxygen atoms in total. The molecule has 3 rings (SSSR count). The highest BCUT2D eigenvalue weighted by atomic mass is 32.2. The highest BCUT2D eigenvalue weighted by Gasteiger charge is 2.19. The molecule has 0 fully saturated rings. The van der Waals surface area contributed by atoms with Gasteiger partial charge in [0.25, 0.3) is 5.22 Å². The van der Waals surface area contributed by atoms with Crippen molar-refractivity contribution in [2.45, 2.75) is 31.7 Å². The Bertz CT molecular complexity index is 835. The number of rotatable bonds is 7. The molecule has 26 heavy (non-hydrogen) atoms. The van der Waals surface area contributed by atoms with Crippen molar-refractivity contribution in [2.24, 2.45) is 0 Å². The highest BCUT2D eigenvalue weighted by Crippen LogP contribution is 2.23. The number of nitrogens with zero attached hydrogens (tertiary/aromatic N) is 3. The van der Waals surface area contributed by atoms with Crippen molar-refractivity contribution >= 4 is 17.7 Å². The van der Waals surface area contributed by atoms with E-state index in [9.17, 15) is 4.79 Å². The summed E-state index contributed by atoms with van der Waals surface area (Å²) in [5.74, 6) is 0.778. The van der Waals surface area contributed by atoms with Crippen LogP contribution in [0.25, 0.3) is 11.5 Å². The molecule has 1 amide bonds. The lowest BCUT2D eigenvalue weighted by Gasteiger charge is -2.26. The number of benzene rings is 2. The number of thioether (sulfide) groups is 1. The second kappa shape index (κ2) is 8.67. The third-order valence-corrected chi connectivity index (χ3v) is 4.69. The summed E-state index contributed by atoms with van der Waals surface area (Å²) in [6.45, 7) is 4.63. The van der Waals surface area contributed by atoms with Crippen molar-refractivity contribution in [1.29, 1.82) is 0 Å². The zero-order valence-electron chi connectivity index (χ0n) is 14.8. The van der Waals surface area contributed by atoms with Gasteiger partial charge in [0.1, 0.15) is 0 Å². The summed E-state index contributed by atoms with van der Waals surface area (Å²) in [6, 6.07) is 19.7. The number of hydrogen-bond donors (Lipinski definition) is 0. The summed E-state index contributed by atoms with van der Waals surface area (Å²) in [4.78, 5) is 14.5. The van der Waals surface area contributed by atoms with E-state index in [1.807, 2.05) is 79.4 Å². The molecule has 0 unspecified atom stereocenters. The smallest absolute Gasteiger partial charge is 0.277 e. The summed E-state index contributed by atoms with van der Waals surface area (Å²) < 4.78 is 5.65. The first-order valence-electron chi connectivity index (χ1n) is 8.48. The Morgan fingerprint density at radius 2 is 1.69 bits per heavy atom. The van der Waals surface area contributed by atoms with Crippen molar-refractivity contribution in [3.8, 4) is 11.5 Å². The Hall–Kier alpha value is -2.60. The Kier molecular flexibility index (Phi) is 6.07. The number of hydrogen-bond acceptors (Lipinski definition) is 5. The molecule has 134 valence electrons. The first kappa shape index (κ1) is 18.2. The first-order valence-corrected chi connectivity index (χ1v) is 9.47. The second-order valence-electron chi connectivity index (χ2n) is 6.13. The molecule has 0 aliphatic heterocycles. The minimum absolute atomic E-state index is 0.0494. The Labute approximate surface area is 157 Å². The summed E-state index contributed by atoms with van der Waals surface area (Å²) in [5, 5.41) is 8.48. The van der Waals surface area contributed by atoms with Crippen LogP contribution in [0.4, 0.5) is 0 Å². The molecule has 1 heterocycles. The molecule has 0 aliphatic carbocycles. The van der Waals surface area contributed by atoms with E-state index in [-0.39, 0.29) is 17.7 Å². The quantitative estimate of drug-likeness (QED) is 0.584. The molecule has 3 aromatic rings. The van der Waals surface area contributed by atoms with Crippen molar-refractivity contribution in [3.05, 3.63) is 66.2 Å². The molecule has 0 spiro atoms. The van der Waals surface area contributed by atoms with Crippen LogP contribution in [-0.2, 0) is 11.3 Å².